The number of anilines is 1. The van der Waals surface area contributed by atoms with Crippen LogP contribution in [0.2, 0.25) is 0 Å². The molecule has 2 aromatic carbocycles. The Labute approximate surface area is 158 Å². The second kappa shape index (κ2) is 6.12. The minimum Gasteiger partial charge on any atom is -0.467 e. The topological polar surface area (TPSA) is 67.4 Å². The van der Waals surface area contributed by atoms with Crippen molar-refractivity contribution >= 4 is 17.5 Å². The molecule has 5 nitrogen and oxygen atoms in total. The molecule has 2 fully saturated rings. The highest BCUT2D eigenvalue weighted by molar-refractivity contribution is 6.08. The van der Waals surface area contributed by atoms with Crippen molar-refractivity contribution in [3.8, 4) is 5.75 Å². The van der Waals surface area contributed by atoms with Gasteiger partial charge in [0.1, 0.15) is 11.7 Å². The first-order valence-electron chi connectivity index (χ1n) is 9.64. The molecule has 2 bridgehead atoms. The SMILES string of the molecule is O=C(Nc1ccccc1)[C@H]1C(=O)N[C@]23CCCC[C@@H]2[C@@H]1c1ccccc1O3. The summed E-state index contributed by atoms with van der Waals surface area (Å²) in [5.41, 5.74) is 1.01. The van der Waals surface area contributed by atoms with Gasteiger partial charge in [-0.15, -0.1) is 0 Å². The Balaban J connectivity index is 1.57. The van der Waals surface area contributed by atoms with Crippen molar-refractivity contribution in [3.63, 3.8) is 0 Å². The molecule has 4 atom stereocenters. The van der Waals surface area contributed by atoms with Crippen molar-refractivity contribution in [2.75, 3.05) is 5.32 Å². The number of nitrogens with one attached hydrogen (secondary N) is 2. The summed E-state index contributed by atoms with van der Waals surface area (Å²) in [6.07, 6.45) is 3.86. The van der Waals surface area contributed by atoms with Crippen molar-refractivity contribution in [1.82, 2.24) is 5.32 Å². The van der Waals surface area contributed by atoms with Crippen LogP contribution in [0.4, 0.5) is 5.69 Å². The van der Waals surface area contributed by atoms with Crippen molar-refractivity contribution in [3.05, 3.63) is 60.2 Å². The molecule has 0 aromatic heterocycles. The van der Waals surface area contributed by atoms with E-state index in [9.17, 15) is 9.59 Å². The van der Waals surface area contributed by atoms with Crippen molar-refractivity contribution in [2.24, 2.45) is 11.8 Å². The highest BCUT2D eigenvalue weighted by Gasteiger charge is 2.60. The predicted molar refractivity (Wildman–Crippen MR) is 101 cm³/mol. The zero-order valence-electron chi connectivity index (χ0n) is 15.0. The first-order valence-corrected chi connectivity index (χ1v) is 9.64. The average molecular weight is 362 g/mol. The van der Waals surface area contributed by atoms with Crippen LogP contribution in [0.5, 0.6) is 5.75 Å². The number of hydrogen-bond acceptors (Lipinski definition) is 3. The first kappa shape index (κ1) is 16.4. The quantitative estimate of drug-likeness (QED) is 0.805. The molecule has 0 unspecified atom stereocenters. The number of carbonyl (C=O) groups is 2. The molecule has 27 heavy (non-hydrogen) atoms. The van der Waals surface area contributed by atoms with Gasteiger partial charge in [0, 0.05) is 23.9 Å². The maximum Gasteiger partial charge on any atom is 0.237 e. The lowest BCUT2D eigenvalue weighted by atomic mass is 9.62. The zero-order valence-corrected chi connectivity index (χ0v) is 15.0. The van der Waals surface area contributed by atoms with Crippen molar-refractivity contribution in [1.29, 1.82) is 0 Å². The van der Waals surface area contributed by atoms with Gasteiger partial charge < -0.3 is 15.4 Å². The summed E-state index contributed by atoms with van der Waals surface area (Å²) in [5, 5.41) is 6.03. The van der Waals surface area contributed by atoms with Crippen molar-refractivity contribution in [2.45, 2.75) is 37.3 Å². The van der Waals surface area contributed by atoms with E-state index in [2.05, 4.69) is 10.6 Å². The Hall–Kier alpha value is -2.82. The lowest BCUT2D eigenvalue weighted by Crippen LogP contribution is -2.69. The molecule has 3 aliphatic rings. The Morgan fingerprint density at radius 3 is 2.70 bits per heavy atom. The number of carbonyl (C=O) groups excluding carboxylic acids is 2. The molecular formula is C22H22N2O3. The van der Waals surface area contributed by atoms with Crippen LogP contribution in [-0.4, -0.2) is 17.5 Å². The third kappa shape index (κ3) is 2.52. The molecule has 0 radical (unpaired) electrons. The third-order valence-corrected chi connectivity index (χ3v) is 6.22. The first-order chi connectivity index (χ1) is 13.2. The number of hydrogen-bond donors (Lipinski definition) is 2. The van der Waals surface area contributed by atoms with E-state index in [-0.39, 0.29) is 23.7 Å². The summed E-state index contributed by atoms with van der Waals surface area (Å²) in [6.45, 7) is 0. The number of ether oxygens (including phenoxy) is 1. The number of para-hydroxylation sites is 2. The molecule has 5 heteroatoms. The van der Waals surface area contributed by atoms with Gasteiger partial charge >= 0.3 is 0 Å². The summed E-state index contributed by atoms with van der Waals surface area (Å²) in [5.74, 6) is -0.497. The van der Waals surface area contributed by atoms with Gasteiger partial charge in [0.05, 0.1) is 0 Å². The number of fused-ring (bicyclic) bond motifs is 2. The Bertz CT molecular complexity index is 897. The number of rotatable bonds is 2. The van der Waals surface area contributed by atoms with E-state index in [1.165, 1.54) is 0 Å². The van der Waals surface area contributed by atoms with Crippen molar-refractivity contribution < 1.29 is 14.3 Å². The molecular weight excluding hydrogens is 340 g/mol. The highest BCUT2D eigenvalue weighted by atomic mass is 16.5. The lowest BCUT2D eigenvalue weighted by Gasteiger charge is -2.55. The maximum absolute atomic E-state index is 13.1. The third-order valence-electron chi connectivity index (χ3n) is 6.22. The molecule has 1 aliphatic carbocycles. The molecule has 2 aliphatic heterocycles. The fourth-order valence-electron chi connectivity index (χ4n) is 5.09. The van der Waals surface area contributed by atoms with Gasteiger partial charge in [0.2, 0.25) is 11.8 Å². The van der Waals surface area contributed by atoms with Gasteiger partial charge in [-0.3, -0.25) is 9.59 Å². The largest absolute Gasteiger partial charge is 0.467 e. The van der Waals surface area contributed by atoms with Crippen LogP contribution < -0.4 is 15.4 Å². The van der Waals surface area contributed by atoms with Crippen LogP contribution in [0.3, 0.4) is 0 Å². The minimum absolute atomic E-state index is 0.116. The van der Waals surface area contributed by atoms with E-state index >= 15 is 0 Å². The second-order valence-electron chi connectivity index (χ2n) is 7.73. The summed E-state index contributed by atoms with van der Waals surface area (Å²) in [6, 6.07) is 17.1. The van der Waals surface area contributed by atoms with E-state index in [1.807, 2.05) is 54.6 Å². The molecule has 2 aromatic rings. The molecule has 1 saturated carbocycles. The van der Waals surface area contributed by atoms with E-state index < -0.39 is 11.6 Å². The fourth-order valence-corrected chi connectivity index (χ4v) is 5.09. The van der Waals surface area contributed by atoms with Gasteiger partial charge in [-0.1, -0.05) is 42.8 Å². The second-order valence-corrected chi connectivity index (χ2v) is 7.73. The summed E-state index contributed by atoms with van der Waals surface area (Å²) in [4.78, 5) is 26.2. The number of amides is 2. The van der Waals surface area contributed by atoms with Crippen LogP contribution in [0, 0.1) is 11.8 Å². The summed E-state index contributed by atoms with van der Waals surface area (Å²) >= 11 is 0. The van der Waals surface area contributed by atoms with E-state index in [0.29, 0.717) is 5.69 Å². The molecule has 5 rings (SSSR count). The monoisotopic (exact) mass is 362 g/mol. The lowest BCUT2D eigenvalue weighted by molar-refractivity contribution is -0.160. The Kier molecular flexibility index (Phi) is 3.71. The molecule has 1 saturated heterocycles. The molecule has 2 amide bonds. The molecule has 2 heterocycles. The molecule has 138 valence electrons. The normalized spacial score (nSPS) is 31.0. The smallest absolute Gasteiger partial charge is 0.237 e. The fraction of sp³-hybridized carbons (Fsp3) is 0.364. The molecule has 0 spiro atoms. The summed E-state index contributed by atoms with van der Waals surface area (Å²) in [7, 11) is 0. The van der Waals surface area contributed by atoms with E-state index in [4.69, 9.17) is 4.74 Å². The van der Waals surface area contributed by atoms with E-state index in [1.54, 1.807) is 0 Å². The van der Waals surface area contributed by atoms with Gasteiger partial charge in [0.25, 0.3) is 0 Å². The Morgan fingerprint density at radius 1 is 1.07 bits per heavy atom. The van der Waals surface area contributed by atoms with Crippen LogP contribution in [0.25, 0.3) is 0 Å². The number of piperidine rings is 1. The van der Waals surface area contributed by atoms with Gasteiger partial charge in [-0.25, -0.2) is 0 Å². The van der Waals surface area contributed by atoms with Gasteiger partial charge in [-0.05, 0) is 36.6 Å². The standard InChI is InChI=1S/C22H22N2O3/c25-20(23-14-8-2-1-3-9-14)19-18-15-10-4-5-12-17(15)27-22(24-21(19)26)13-7-6-11-16(18)22/h1-5,8-10,12,16,18-19H,6-7,11,13H2,(H,23,25)(H,24,26)/t16-,18+,19+,22+/m1/s1. The molecule has 2 N–H and O–H groups in total. The van der Waals surface area contributed by atoms with Gasteiger partial charge in [0.15, 0.2) is 5.72 Å². The zero-order chi connectivity index (χ0) is 18.4. The predicted octanol–water partition coefficient (Wildman–Crippen LogP) is 3.43. The maximum atomic E-state index is 13.1. The van der Waals surface area contributed by atoms with Crippen LogP contribution in [-0.2, 0) is 9.59 Å². The van der Waals surface area contributed by atoms with E-state index in [0.717, 1.165) is 37.0 Å². The Morgan fingerprint density at radius 2 is 1.85 bits per heavy atom. The van der Waals surface area contributed by atoms with Crippen LogP contribution in [0.1, 0.15) is 37.2 Å². The minimum atomic E-state index is -0.758. The highest BCUT2D eigenvalue weighted by Crippen LogP contribution is 2.55. The number of benzene rings is 2. The average Bonchev–Trinajstić information content (AvgIpc) is 2.67. The van der Waals surface area contributed by atoms with Crippen LogP contribution >= 0.6 is 0 Å². The van der Waals surface area contributed by atoms with Gasteiger partial charge in [-0.2, -0.15) is 0 Å². The summed E-state index contributed by atoms with van der Waals surface area (Å²) < 4.78 is 6.35. The van der Waals surface area contributed by atoms with Crippen LogP contribution in [0.15, 0.2) is 54.6 Å².